The smallest absolute Gasteiger partial charge is 0.166 e. The van der Waals surface area contributed by atoms with Crippen molar-refractivity contribution in [2.45, 2.75) is 26.9 Å². The number of rotatable bonds is 6. The van der Waals surface area contributed by atoms with Gasteiger partial charge in [-0.1, -0.05) is 24.3 Å². The quantitative estimate of drug-likeness (QED) is 0.600. The third kappa shape index (κ3) is 6.68. The van der Waals surface area contributed by atoms with E-state index in [0.29, 0.717) is 10.2 Å². The summed E-state index contributed by atoms with van der Waals surface area (Å²) in [6.45, 7) is 7.14. The first kappa shape index (κ1) is 16.7. The molecule has 0 saturated carbocycles. The summed E-state index contributed by atoms with van der Waals surface area (Å²) in [5.74, 6) is 0. The Morgan fingerprint density at radius 3 is 1.70 bits per heavy atom. The zero-order valence-corrected chi connectivity index (χ0v) is 13.6. The van der Waals surface area contributed by atoms with E-state index < -0.39 is 0 Å². The second-order valence-corrected chi connectivity index (χ2v) is 5.06. The average Bonchev–Trinajstić information content (AvgIpc) is 2.44. The van der Waals surface area contributed by atoms with Crippen LogP contribution in [0.25, 0.3) is 0 Å². The molecule has 1 aromatic carbocycles. The molecule has 0 aliphatic heterocycles. The standard InChI is InChI=1S/C14H22N4S2/c1-3-15-13(19)17-9-11-6-5-7-12(8-11)10-18-14(20)16-4-2/h5-8H,3-4,9-10H2,1-2H3,(H2,15,17,19)(H2,16,18,20). The molecule has 6 heteroatoms. The van der Waals surface area contributed by atoms with Crippen molar-refractivity contribution in [1.29, 1.82) is 0 Å². The molecule has 0 atom stereocenters. The first-order chi connectivity index (χ1) is 9.65. The molecule has 4 N–H and O–H groups in total. The lowest BCUT2D eigenvalue weighted by Crippen LogP contribution is -2.35. The third-order valence-electron chi connectivity index (χ3n) is 2.57. The Morgan fingerprint density at radius 2 is 1.30 bits per heavy atom. The van der Waals surface area contributed by atoms with Crippen molar-refractivity contribution in [3.05, 3.63) is 35.4 Å². The molecule has 110 valence electrons. The van der Waals surface area contributed by atoms with Crippen LogP contribution < -0.4 is 21.3 Å². The van der Waals surface area contributed by atoms with Crippen molar-refractivity contribution in [2.75, 3.05) is 13.1 Å². The average molecular weight is 310 g/mol. The van der Waals surface area contributed by atoms with Gasteiger partial charge in [0.05, 0.1) is 0 Å². The van der Waals surface area contributed by atoms with Crippen LogP contribution >= 0.6 is 24.4 Å². The maximum atomic E-state index is 5.14. The molecule has 1 aromatic rings. The minimum atomic E-state index is 0.685. The minimum absolute atomic E-state index is 0.685. The van der Waals surface area contributed by atoms with Gasteiger partial charge in [-0.25, -0.2) is 0 Å². The van der Waals surface area contributed by atoms with Gasteiger partial charge in [-0.05, 0) is 49.4 Å². The highest BCUT2D eigenvalue weighted by Gasteiger charge is 1.99. The zero-order valence-electron chi connectivity index (χ0n) is 12.0. The lowest BCUT2D eigenvalue weighted by atomic mass is 10.1. The van der Waals surface area contributed by atoms with Gasteiger partial charge in [0.2, 0.25) is 0 Å². The highest BCUT2D eigenvalue weighted by atomic mass is 32.1. The van der Waals surface area contributed by atoms with E-state index in [1.165, 1.54) is 11.1 Å². The van der Waals surface area contributed by atoms with Gasteiger partial charge in [-0.3, -0.25) is 0 Å². The Balaban J connectivity index is 2.45. The molecule has 0 aliphatic carbocycles. The molecule has 0 aliphatic rings. The van der Waals surface area contributed by atoms with Crippen molar-refractivity contribution in [3.63, 3.8) is 0 Å². The maximum absolute atomic E-state index is 5.14. The molecule has 0 saturated heterocycles. The molecule has 0 heterocycles. The monoisotopic (exact) mass is 310 g/mol. The van der Waals surface area contributed by atoms with Crippen LogP contribution in [0.15, 0.2) is 24.3 Å². The van der Waals surface area contributed by atoms with Crippen molar-refractivity contribution in [1.82, 2.24) is 21.3 Å². The van der Waals surface area contributed by atoms with Crippen LogP contribution in [0.5, 0.6) is 0 Å². The summed E-state index contributed by atoms with van der Waals surface area (Å²) in [4.78, 5) is 0. The van der Waals surface area contributed by atoms with E-state index in [9.17, 15) is 0 Å². The van der Waals surface area contributed by atoms with Gasteiger partial charge >= 0.3 is 0 Å². The van der Waals surface area contributed by atoms with Gasteiger partial charge in [-0.2, -0.15) is 0 Å². The summed E-state index contributed by atoms with van der Waals surface area (Å²) in [5.41, 5.74) is 2.39. The maximum Gasteiger partial charge on any atom is 0.166 e. The highest BCUT2D eigenvalue weighted by molar-refractivity contribution is 7.80. The molecule has 0 fully saturated rings. The van der Waals surface area contributed by atoms with Gasteiger partial charge in [0, 0.05) is 26.2 Å². The second kappa shape index (κ2) is 9.50. The first-order valence-corrected chi connectivity index (χ1v) is 7.58. The molecule has 0 aromatic heterocycles. The van der Waals surface area contributed by atoms with Crippen molar-refractivity contribution in [3.8, 4) is 0 Å². The molecular formula is C14H22N4S2. The summed E-state index contributed by atoms with van der Waals surface area (Å²) in [6, 6.07) is 8.34. The van der Waals surface area contributed by atoms with E-state index in [4.69, 9.17) is 24.4 Å². The summed E-state index contributed by atoms with van der Waals surface area (Å²) in [5, 5.41) is 13.9. The molecule has 0 bridgehead atoms. The van der Waals surface area contributed by atoms with E-state index in [-0.39, 0.29) is 0 Å². The van der Waals surface area contributed by atoms with Crippen LogP contribution in [0.3, 0.4) is 0 Å². The largest absolute Gasteiger partial charge is 0.363 e. The second-order valence-electron chi connectivity index (χ2n) is 4.25. The SMILES string of the molecule is CCNC(=S)NCc1cccc(CNC(=S)NCC)c1. The fourth-order valence-electron chi connectivity index (χ4n) is 1.66. The molecule has 20 heavy (non-hydrogen) atoms. The van der Waals surface area contributed by atoms with E-state index in [0.717, 1.165) is 26.2 Å². The van der Waals surface area contributed by atoms with Gasteiger partial charge in [0.1, 0.15) is 0 Å². The van der Waals surface area contributed by atoms with E-state index in [1.807, 2.05) is 19.9 Å². The minimum Gasteiger partial charge on any atom is -0.363 e. The number of hydrogen-bond donors (Lipinski definition) is 4. The summed E-state index contributed by atoms with van der Waals surface area (Å²) in [6.07, 6.45) is 0. The number of hydrogen-bond acceptors (Lipinski definition) is 2. The number of thiocarbonyl (C=S) groups is 2. The number of benzene rings is 1. The molecule has 4 nitrogen and oxygen atoms in total. The zero-order chi connectivity index (χ0) is 14.8. The topological polar surface area (TPSA) is 48.1 Å². The van der Waals surface area contributed by atoms with Crippen LogP contribution in [-0.4, -0.2) is 23.3 Å². The van der Waals surface area contributed by atoms with Crippen molar-refractivity contribution >= 4 is 34.7 Å². The Kier molecular flexibility index (Phi) is 7.91. The third-order valence-corrected chi connectivity index (χ3v) is 3.15. The molecule has 0 radical (unpaired) electrons. The van der Waals surface area contributed by atoms with Gasteiger partial charge in [0.25, 0.3) is 0 Å². The number of nitrogens with one attached hydrogen (secondary N) is 4. The van der Waals surface area contributed by atoms with E-state index >= 15 is 0 Å². The van der Waals surface area contributed by atoms with Crippen LogP contribution in [0, 0.1) is 0 Å². The highest BCUT2D eigenvalue weighted by Crippen LogP contribution is 2.05. The molecular weight excluding hydrogens is 288 g/mol. The van der Waals surface area contributed by atoms with Crippen LogP contribution in [0.4, 0.5) is 0 Å². The molecule has 0 spiro atoms. The molecule has 0 unspecified atom stereocenters. The Bertz CT molecular complexity index is 411. The van der Waals surface area contributed by atoms with E-state index in [1.54, 1.807) is 0 Å². The first-order valence-electron chi connectivity index (χ1n) is 6.77. The lowest BCUT2D eigenvalue weighted by Gasteiger charge is -2.11. The fourth-order valence-corrected chi connectivity index (χ4v) is 2.09. The van der Waals surface area contributed by atoms with Crippen LogP contribution in [0.1, 0.15) is 25.0 Å². The fraction of sp³-hybridized carbons (Fsp3) is 0.429. The van der Waals surface area contributed by atoms with Crippen molar-refractivity contribution in [2.24, 2.45) is 0 Å². The van der Waals surface area contributed by atoms with Crippen LogP contribution in [-0.2, 0) is 13.1 Å². The Morgan fingerprint density at radius 1 is 0.850 bits per heavy atom. The lowest BCUT2D eigenvalue weighted by molar-refractivity contribution is 0.838. The summed E-state index contributed by atoms with van der Waals surface area (Å²) in [7, 11) is 0. The van der Waals surface area contributed by atoms with Crippen LogP contribution in [0.2, 0.25) is 0 Å². The van der Waals surface area contributed by atoms with Gasteiger partial charge < -0.3 is 21.3 Å². The normalized spacial score (nSPS) is 9.70. The predicted octanol–water partition coefficient (Wildman–Crippen LogP) is 1.65. The van der Waals surface area contributed by atoms with Gasteiger partial charge in [-0.15, -0.1) is 0 Å². The summed E-state index contributed by atoms with van der Waals surface area (Å²) < 4.78 is 0. The molecule has 1 rings (SSSR count). The predicted molar refractivity (Wildman–Crippen MR) is 92.7 cm³/mol. The van der Waals surface area contributed by atoms with Gasteiger partial charge in [0.15, 0.2) is 10.2 Å². The van der Waals surface area contributed by atoms with Crippen molar-refractivity contribution < 1.29 is 0 Å². The summed E-state index contributed by atoms with van der Waals surface area (Å²) >= 11 is 10.3. The molecule has 0 amide bonds. The Hall–Kier alpha value is -1.40. The Labute approximate surface area is 131 Å². The van der Waals surface area contributed by atoms with E-state index in [2.05, 4.69) is 39.5 Å².